The van der Waals surface area contributed by atoms with Crippen molar-refractivity contribution in [3.8, 4) is 5.75 Å². The first-order valence-electron chi connectivity index (χ1n) is 9.02. The van der Waals surface area contributed by atoms with Gasteiger partial charge in [0.15, 0.2) is 0 Å². The number of fused-ring (bicyclic) bond motifs is 2. The standard InChI is InChI=1S/C19H20N2O5S/c22-16(25-12-7-5-11-6-8-17(23)26-14(11)9-12)4-2-1-3-15-18-13(10-27-15)20-19(24)21-18/h5-9,13,15,18H,1-4,10H2,(H2,20,21,24)/t13-,15-,18-/m0/s1. The monoisotopic (exact) mass is 388 g/mol. The second-order valence-electron chi connectivity index (χ2n) is 6.80. The normalized spacial score (nSPS) is 23.7. The van der Waals surface area contributed by atoms with Crippen LogP contribution in [0.3, 0.4) is 0 Å². The van der Waals surface area contributed by atoms with E-state index in [0.29, 0.717) is 23.0 Å². The first-order valence-corrected chi connectivity index (χ1v) is 10.1. The zero-order valence-corrected chi connectivity index (χ0v) is 15.4. The summed E-state index contributed by atoms with van der Waals surface area (Å²) in [6.45, 7) is 0. The molecule has 0 unspecified atom stereocenters. The van der Waals surface area contributed by atoms with Gasteiger partial charge in [-0.1, -0.05) is 6.42 Å². The molecule has 3 atom stereocenters. The van der Waals surface area contributed by atoms with Crippen LogP contribution in [0, 0.1) is 0 Å². The first-order chi connectivity index (χ1) is 13.1. The van der Waals surface area contributed by atoms with Gasteiger partial charge in [-0.2, -0.15) is 11.8 Å². The van der Waals surface area contributed by atoms with E-state index in [0.717, 1.165) is 30.4 Å². The molecule has 3 heterocycles. The van der Waals surface area contributed by atoms with Crippen LogP contribution in [0.4, 0.5) is 4.79 Å². The molecular weight excluding hydrogens is 368 g/mol. The predicted octanol–water partition coefficient (Wildman–Crippen LogP) is 2.42. The Morgan fingerprint density at radius 1 is 1.19 bits per heavy atom. The summed E-state index contributed by atoms with van der Waals surface area (Å²) in [7, 11) is 0. The summed E-state index contributed by atoms with van der Waals surface area (Å²) in [5, 5.41) is 7.07. The number of rotatable bonds is 6. The highest BCUT2D eigenvalue weighted by Crippen LogP contribution is 2.33. The number of hydrogen-bond donors (Lipinski definition) is 2. The summed E-state index contributed by atoms with van der Waals surface area (Å²) in [5.41, 5.74) is -0.0421. The molecule has 0 bridgehead atoms. The minimum absolute atomic E-state index is 0.0786. The molecule has 0 saturated carbocycles. The molecule has 1 aromatic carbocycles. The van der Waals surface area contributed by atoms with Gasteiger partial charge in [-0.25, -0.2) is 9.59 Å². The summed E-state index contributed by atoms with van der Waals surface area (Å²) in [6.07, 6.45) is 2.92. The van der Waals surface area contributed by atoms with E-state index in [2.05, 4.69) is 10.6 Å². The second kappa shape index (κ2) is 7.64. The third-order valence-corrected chi connectivity index (χ3v) is 6.39. The van der Waals surface area contributed by atoms with Crippen LogP contribution >= 0.6 is 11.8 Å². The number of amides is 2. The number of nitrogens with one attached hydrogen (secondary N) is 2. The summed E-state index contributed by atoms with van der Waals surface area (Å²) in [5.74, 6) is 1.00. The van der Waals surface area contributed by atoms with Gasteiger partial charge < -0.3 is 19.8 Å². The number of unbranched alkanes of at least 4 members (excludes halogenated alkanes) is 1. The molecule has 27 heavy (non-hydrogen) atoms. The Morgan fingerprint density at radius 3 is 2.93 bits per heavy atom. The highest BCUT2D eigenvalue weighted by Gasteiger charge is 2.42. The molecule has 4 rings (SSSR count). The maximum Gasteiger partial charge on any atom is 0.336 e. The minimum Gasteiger partial charge on any atom is -0.426 e. The van der Waals surface area contributed by atoms with E-state index in [4.69, 9.17) is 9.15 Å². The lowest BCUT2D eigenvalue weighted by atomic mass is 10.0. The third-order valence-electron chi connectivity index (χ3n) is 4.88. The van der Waals surface area contributed by atoms with Gasteiger partial charge in [0, 0.05) is 34.9 Å². The Bertz CT molecular complexity index is 928. The molecule has 7 nitrogen and oxygen atoms in total. The first kappa shape index (κ1) is 17.9. The molecule has 0 aliphatic carbocycles. The van der Waals surface area contributed by atoms with Crippen LogP contribution in [0.1, 0.15) is 25.7 Å². The van der Waals surface area contributed by atoms with Gasteiger partial charge in [0.2, 0.25) is 0 Å². The van der Waals surface area contributed by atoms with Crippen molar-refractivity contribution in [1.29, 1.82) is 0 Å². The number of esters is 1. The topological polar surface area (TPSA) is 97.6 Å². The number of urea groups is 1. The van der Waals surface area contributed by atoms with Crippen LogP contribution in [-0.2, 0) is 4.79 Å². The van der Waals surface area contributed by atoms with E-state index in [-0.39, 0.29) is 24.1 Å². The van der Waals surface area contributed by atoms with Crippen molar-refractivity contribution < 1.29 is 18.7 Å². The van der Waals surface area contributed by atoms with Gasteiger partial charge in [0.25, 0.3) is 0 Å². The van der Waals surface area contributed by atoms with E-state index in [9.17, 15) is 14.4 Å². The molecule has 2 aliphatic heterocycles. The number of thioether (sulfide) groups is 1. The van der Waals surface area contributed by atoms with Gasteiger partial charge in [-0.15, -0.1) is 0 Å². The van der Waals surface area contributed by atoms with Gasteiger partial charge in [-0.05, 0) is 31.0 Å². The molecule has 1 aromatic heterocycles. The Morgan fingerprint density at radius 2 is 2.04 bits per heavy atom. The summed E-state index contributed by atoms with van der Waals surface area (Å²) < 4.78 is 10.4. The molecule has 0 spiro atoms. The fourth-order valence-electron chi connectivity index (χ4n) is 3.54. The lowest BCUT2D eigenvalue weighted by Crippen LogP contribution is -2.36. The Kier molecular flexibility index (Phi) is 5.07. The van der Waals surface area contributed by atoms with E-state index in [1.54, 1.807) is 24.3 Å². The average molecular weight is 388 g/mol. The fraction of sp³-hybridized carbons (Fsp3) is 0.421. The highest BCUT2D eigenvalue weighted by atomic mass is 32.2. The van der Waals surface area contributed by atoms with Gasteiger partial charge in [-0.3, -0.25) is 4.79 Å². The highest BCUT2D eigenvalue weighted by molar-refractivity contribution is 8.00. The van der Waals surface area contributed by atoms with E-state index < -0.39 is 5.63 Å². The van der Waals surface area contributed by atoms with Gasteiger partial charge >= 0.3 is 17.6 Å². The van der Waals surface area contributed by atoms with Crippen LogP contribution in [0.5, 0.6) is 5.75 Å². The quantitative estimate of drug-likeness (QED) is 0.259. The van der Waals surface area contributed by atoms with Crippen molar-refractivity contribution in [2.75, 3.05) is 5.75 Å². The van der Waals surface area contributed by atoms with Crippen molar-refractivity contribution in [2.45, 2.75) is 43.0 Å². The van der Waals surface area contributed by atoms with E-state index in [1.165, 1.54) is 6.07 Å². The smallest absolute Gasteiger partial charge is 0.336 e. The average Bonchev–Trinajstić information content (AvgIpc) is 3.18. The lowest BCUT2D eigenvalue weighted by Gasteiger charge is -2.16. The Labute approximate surface area is 159 Å². The zero-order chi connectivity index (χ0) is 18.8. The fourth-order valence-corrected chi connectivity index (χ4v) is 5.09. The molecule has 142 valence electrons. The third kappa shape index (κ3) is 4.10. The molecule has 2 fully saturated rings. The van der Waals surface area contributed by atoms with Crippen molar-refractivity contribution in [2.24, 2.45) is 0 Å². The van der Waals surface area contributed by atoms with Crippen LogP contribution in [0.2, 0.25) is 0 Å². The van der Waals surface area contributed by atoms with E-state index in [1.807, 2.05) is 11.8 Å². The van der Waals surface area contributed by atoms with Crippen molar-refractivity contribution in [1.82, 2.24) is 10.6 Å². The predicted molar refractivity (Wildman–Crippen MR) is 102 cm³/mol. The van der Waals surface area contributed by atoms with Gasteiger partial charge in [0.1, 0.15) is 11.3 Å². The molecule has 2 amide bonds. The van der Waals surface area contributed by atoms with Gasteiger partial charge in [0.05, 0.1) is 12.1 Å². The van der Waals surface area contributed by atoms with E-state index >= 15 is 0 Å². The maximum absolute atomic E-state index is 12.1. The number of carbonyl (C=O) groups excluding carboxylic acids is 2. The molecule has 2 saturated heterocycles. The molecule has 0 radical (unpaired) electrons. The summed E-state index contributed by atoms with van der Waals surface area (Å²) >= 11 is 1.87. The molecular formula is C19H20N2O5S. The SMILES string of the molecule is O=C1N[C@H]2[C@H](CS[C@H]2CCCCC(=O)Oc2ccc3ccc(=O)oc3c2)N1. The second-order valence-corrected chi connectivity index (χ2v) is 8.07. The maximum atomic E-state index is 12.1. The minimum atomic E-state index is -0.438. The number of benzene rings is 1. The van der Waals surface area contributed by atoms with Crippen molar-refractivity contribution >= 4 is 34.7 Å². The Hall–Kier alpha value is -2.48. The zero-order valence-electron chi connectivity index (χ0n) is 14.6. The Balaban J connectivity index is 1.23. The molecule has 8 heteroatoms. The molecule has 2 aromatic rings. The number of carbonyl (C=O) groups is 2. The van der Waals surface area contributed by atoms with Crippen LogP contribution < -0.4 is 21.0 Å². The van der Waals surface area contributed by atoms with Crippen LogP contribution in [0.15, 0.2) is 39.5 Å². The van der Waals surface area contributed by atoms with Crippen molar-refractivity contribution in [3.05, 3.63) is 40.8 Å². The van der Waals surface area contributed by atoms with Crippen LogP contribution in [0.25, 0.3) is 11.0 Å². The van der Waals surface area contributed by atoms with Crippen LogP contribution in [-0.4, -0.2) is 35.1 Å². The number of ether oxygens (including phenoxy) is 1. The largest absolute Gasteiger partial charge is 0.426 e. The van der Waals surface area contributed by atoms with Crippen molar-refractivity contribution in [3.63, 3.8) is 0 Å². The molecule has 2 N–H and O–H groups in total. The number of hydrogen-bond acceptors (Lipinski definition) is 6. The lowest BCUT2D eigenvalue weighted by molar-refractivity contribution is -0.134. The summed E-state index contributed by atoms with van der Waals surface area (Å²) in [4.78, 5) is 34.7. The summed E-state index contributed by atoms with van der Waals surface area (Å²) in [6, 6.07) is 8.35. The molecule has 2 aliphatic rings.